The fourth-order valence-electron chi connectivity index (χ4n) is 4.87. The van der Waals surface area contributed by atoms with Crippen molar-refractivity contribution in [2.45, 2.75) is 39.5 Å². The largest absolute Gasteiger partial charge is 0.363 e. The Kier molecular flexibility index (Phi) is 6.31. The molecule has 0 atom stereocenters. The van der Waals surface area contributed by atoms with Crippen LogP contribution in [0.25, 0.3) is 0 Å². The van der Waals surface area contributed by atoms with Crippen molar-refractivity contribution in [3.8, 4) is 0 Å². The summed E-state index contributed by atoms with van der Waals surface area (Å²) in [6.07, 6.45) is 8.41. The third-order valence-corrected chi connectivity index (χ3v) is 7.36. The van der Waals surface area contributed by atoms with Crippen LogP contribution in [-0.4, -0.2) is 60.2 Å². The average molecular weight is 457 g/mol. The molecule has 3 aliphatic rings. The van der Waals surface area contributed by atoms with Crippen LogP contribution in [0.3, 0.4) is 0 Å². The molecule has 0 aromatic heterocycles. The van der Waals surface area contributed by atoms with Crippen LogP contribution in [-0.2, 0) is 0 Å². The second kappa shape index (κ2) is 9.53. The Morgan fingerprint density at radius 3 is 1.41 bits per heavy atom. The molecule has 0 bridgehead atoms. The Balaban J connectivity index is 1.34. The lowest BCUT2D eigenvalue weighted by molar-refractivity contribution is 0.0979. The monoisotopic (exact) mass is 456 g/mol. The lowest BCUT2D eigenvalue weighted by Gasteiger charge is -2.28. The van der Waals surface area contributed by atoms with E-state index in [4.69, 9.17) is 0 Å². The zero-order valence-electron chi connectivity index (χ0n) is 20.0. The highest BCUT2D eigenvalue weighted by molar-refractivity contribution is 6.28. The lowest BCUT2D eigenvalue weighted by Crippen LogP contribution is -2.31. The van der Waals surface area contributed by atoms with Gasteiger partial charge in [0.2, 0.25) is 0 Å². The van der Waals surface area contributed by atoms with E-state index in [1.54, 1.807) is 24.3 Å². The number of carbonyl (C=O) groups is 2. The predicted octanol–water partition coefficient (Wildman–Crippen LogP) is 5.25. The summed E-state index contributed by atoms with van der Waals surface area (Å²) in [6.45, 7) is 8.57. The minimum Gasteiger partial charge on any atom is -0.363 e. The maximum atomic E-state index is 13.2. The number of nitrogens with zero attached hydrogens (tertiary/aromatic N) is 4. The fourth-order valence-corrected chi connectivity index (χ4v) is 4.87. The number of hydrogen-bond acceptors (Lipinski definition) is 4. The molecule has 5 rings (SSSR count). The molecule has 0 N–H and O–H groups in total. The van der Waals surface area contributed by atoms with Crippen molar-refractivity contribution in [2.24, 2.45) is 21.8 Å². The molecule has 6 nitrogen and oxygen atoms in total. The zero-order chi connectivity index (χ0) is 23.7. The number of likely N-dealkylation sites (tertiary alicyclic amines) is 2. The molecule has 2 aromatic rings. The van der Waals surface area contributed by atoms with Gasteiger partial charge in [0.05, 0.1) is 24.1 Å². The number of piperidine rings is 2. The molecular weight excluding hydrogens is 424 g/mol. The van der Waals surface area contributed by atoms with E-state index < -0.39 is 0 Å². The van der Waals surface area contributed by atoms with Crippen molar-refractivity contribution in [1.29, 1.82) is 0 Å². The van der Waals surface area contributed by atoms with Gasteiger partial charge in [-0.05, 0) is 73.9 Å². The number of fused-ring (bicyclic) bond motifs is 2. The molecule has 176 valence electrons. The van der Waals surface area contributed by atoms with E-state index in [-0.39, 0.29) is 11.6 Å². The van der Waals surface area contributed by atoms with E-state index >= 15 is 0 Å². The molecule has 2 saturated heterocycles. The van der Waals surface area contributed by atoms with Crippen molar-refractivity contribution in [3.63, 3.8) is 0 Å². The Bertz CT molecular complexity index is 1060. The highest BCUT2D eigenvalue weighted by Gasteiger charge is 2.30. The van der Waals surface area contributed by atoms with E-state index in [9.17, 15) is 9.59 Å². The molecule has 0 spiro atoms. The average Bonchev–Trinajstić information content (AvgIpc) is 2.86. The molecule has 34 heavy (non-hydrogen) atoms. The van der Waals surface area contributed by atoms with E-state index in [0.29, 0.717) is 33.6 Å². The summed E-state index contributed by atoms with van der Waals surface area (Å²) in [5.74, 6) is 1.26. The van der Waals surface area contributed by atoms with Crippen LogP contribution in [0.4, 0.5) is 11.4 Å². The number of rotatable bonds is 4. The topological polar surface area (TPSA) is 65.3 Å². The van der Waals surface area contributed by atoms with Gasteiger partial charge in [0, 0.05) is 48.4 Å². The van der Waals surface area contributed by atoms with Crippen molar-refractivity contribution >= 4 is 35.6 Å². The third-order valence-electron chi connectivity index (χ3n) is 7.36. The Hall–Kier alpha value is -3.28. The molecular formula is C28H32N4O2. The van der Waals surface area contributed by atoms with Crippen molar-refractivity contribution in [3.05, 3.63) is 58.7 Å². The number of benzene rings is 2. The van der Waals surface area contributed by atoms with Gasteiger partial charge in [0.1, 0.15) is 0 Å². The second-order valence-corrected chi connectivity index (χ2v) is 10.0. The maximum Gasteiger partial charge on any atom is 0.194 e. The van der Waals surface area contributed by atoms with Gasteiger partial charge in [-0.15, -0.1) is 0 Å². The zero-order valence-corrected chi connectivity index (χ0v) is 20.0. The number of ketones is 2. The first kappa shape index (κ1) is 22.5. The highest BCUT2D eigenvalue weighted by atomic mass is 16.1. The molecule has 0 radical (unpaired) electrons. The van der Waals surface area contributed by atoms with Gasteiger partial charge in [-0.25, -0.2) is 9.98 Å². The van der Waals surface area contributed by atoms with Crippen LogP contribution in [0.2, 0.25) is 0 Å². The first-order chi connectivity index (χ1) is 16.5. The first-order valence-corrected chi connectivity index (χ1v) is 12.4. The lowest BCUT2D eigenvalue weighted by atomic mass is 9.83. The summed E-state index contributed by atoms with van der Waals surface area (Å²) in [5.41, 5.74) is 3.12. The summed E-state index contributed by atoms with van der Waals surface area (Å²) in [7, 11) is 0. The van der Waals surface area contributed by atoms with Crippen molar-refractivity contribution in [2.75, 3.05) is 26.2 Å². The predicted molar refractivity (Wildman–Crippen MR) is 136 cm³/mol. The summed E-state index contributed by atoms with van der Waals surface area (Å²) < 4.78 is 0. The first-order valence-electron chi connectivity index (χ1n) is 12.4. The number of carbonyl (C=O) groups excluding carboxylic acids is 2. The molecule has 2 fully saturated rings. The quantitative estimate of drug-likeness (QED) is 0.398. The van der Waals surface area contributed by atoms with Crippen molar-refractivity contribution < 1.29 is 9.59 Å². The van der Waals surface area contributed by atoms with Crippen LogP contribution in [0.1, 0.15) is 71.4 Å². The number of aliphatic imine (C=N–C) groups is 2. The highest BCUT2D eigenvalue weighted by Crippen LogP contribution is 2.32. The van der Waals surface area contributed by atoms with E-state index in [2.05, 4.69) is 33.6 Å². The molecule has 0 unspecified atom stereocenters. The van der Waals surface area contributed by atoms with E-state index in [0.717, 1.165) is 38.0 Å². The Morgan fingerprint density at radius 1 is 0.647 bits per heavy atom. The molecule has 6 heteroatoms. The Labute approximate surface area is 201 Å². The van der Waals surface area contributed by atoms with Gasteiger partial charge < -0.3 is 9.80 Å². The SMILES string of the molecule is CC1CCN(/C=N/c2ccc3c(c2)C(=O)c2ccc(/N=C/N4CCC(C)CC4)cc2C3=O)CC1. The molecule has 0 saturated carbocycles. The summed E-state index contributed by atoms with van der Waals surface area (Å²) in [4.78, 5) is 40.1. The van der Waals surface area contributed by atoms with Gasteiger partial charge in [-0.3, -0.25) is 9.59 Å². The van der Waals surface area contributed by atoms with Gasteiger partial charge >= 0.3 is 0 Å². The normalized spacial score (nSPS) is 19.8. The minimum absolute atomic E-state index is 0.131. The standard InChI is InChI=1S/C28H32N4O2/c1-19-7-11-31(12-8-19)17-29-21-3-5-23-25(15-21)27(33)24-6-4-22(16-26(24)28(23)34)30-18-32-13-9-20(2)10-14-32/h3-6,15-20H,7-14H2,1-2H3/b29-17+,30-18+. The van der Waals surface area contributed by atoms with Gasteiger partial charge in [-0.2, -0.15) is 0 Å². The van der Waals surface area contributed by atoms with Gasteiger partial charge in [0.25, 0.3) is 0 Å². The summed E-state index contributed by atoms with van der Waals surface area (Å²) in [6, 6.07) is 10.6. The van der Waals surface area contributed by atoms with E-state index in [1.807, 2.05) is 24.8 Å². The molecule has 2 aliphatic heterocycles. The smallest absolute Gasteiger partial charge is 0.194 e. The molecule has 2 heterocycles. The second-order valence-electron chi connectivity index (χ2n) is 10.0. The number of hydrogen-bond donors (Lipinski definition) is 0. The van der Waals surface area contributed by atoms with Crippen LogP contribution >= 0.6 is 0 Å². The molecule has 1 aliphatic carbocycles. The van der Waals surface area contributed by atoms with Crippen LogP contribution in [0, 0.1) is 11.8 Å². The molecule has 2 aromatic carbocycles. The van der Waals surface area contributed by atoms with Crippen molar-refractivity contribution in [1.82, 2.24) is 9.80 Å². The third kappa shape index (κ3) is 4.67. The summed E-state index contributed by atoms with van der Waals surface area (Å²) in [5, 5.41) is 0. The van der Waals surface area contributed by atoms with Gasteiger partial charge in [0.15, 0.2) is 11.6 Å². The van der Waals surface area contributed by atoms with Crippen LogP contribution < -0.4 is 0 Å². The Morgan fingerprint density at radius 2 is 1.03 bits per heavy atom. The molecule has 0 amide bonds. The maximum absolute atomic E-state index is 13.2. The summed E-state index contributed by atoms with van der Waals surface area (Å²) >= 11 is 0. The minimum atomic E-state index is -0.131. The van der Waals surface area contributed by atoms with Gasteiger partial charge in [-0.1, -0.05) is 13.8 Å². The van der Waals surface area contributed by atoms with Crippen LogP contribution in [0.5, 0.6) is 0 Å². The van der Waals surface area contributed by atoms with E-state index in [1.165, 1.54) is 25.7 Å². The van der Waals surface area contributed by atoms with Crippen LogP contribution in [0.15, 0.2) is 46.4 Å². The fraction of sp³-hybridized carbons (Fsp3) is 0.429.